The number of likely N-dealkylation sites (N-methyl/N-ethyl adjacent to an activating group) is 1. The zero-order valence-electron chi connectivity index (χ0n) is 14.5. The molecule has 4 rings (SSSR count). The van der Waals surface area contributed by atoms with Crippen molar-refractivity contribution in [1.29, 1.82) is 0 Å². The average molecular weight is 309 g/mol. The molecule has 2 aliphatic rings. The fourth-order valence-corrected chi connectivity index (χ4v) is 3.71. The SMILES string of the molecule is CC(C)c1cccc2c(CNC3CC3)c3c(nc12)CCN(C)C3. The lowest BCUT2D eigenvalue weighted by molar-refractivity contribution is 0.308. The highest BCUT2D eigenvalue weighted by atomic mass is 15.1. The number of para-hydroxylation sites is 1. The second-order valence-electron chi connectivity index (χ2n) is 7.56. The molecule has 1 N–H and O–H groups in total. The molecular weight excluding hydrogens is 282 g/mol. The number of benzene rings is 1. The largest absolute Gasteiger partial charge is 0.310 e. The quantitative estimate of drug-likeness (QED) is 0.935. The van der Waals surface area contributed by atoms with Gasteiger partial charge in [-0.05, 0) is 42.5 Å². The fraction of sp³-hybridized carbons (Fsp3) is 0.550. The summed E-state index contributed by atoms with van der Waals surface area (Å²) in [5.74, 6) is 0.514. The van der Waals surface area contributed by atoms with Crippen LogP contribution in [-0.2, 0) is 19.5 Å². The van der Waals surface area contributed by atoms with Gasteiger partial charge < -0.3 is 10.2 Å². The van der Waals surface area contributed by atoms with E-state index >= 15 is 0 Å². The summed E-state index contributed by atoms with van der Waals surface area (Å²) in [6.45, 7) is 7.68. The molecular formula is C20H27N3. The lowest BCUT2D eigenvalue weighted by atomic mass is 9.92. The molecule has 0 bridgehead atoms. The first-order valence-electron chi connectivity index (χ1n) is 8.98. The summed E-state index contributed by atoms with van der Waals surface area (Å²) in [7, 11) is 2.22. The van der Waals surface area contributed by atoms with Crippen LogP contribution in [0.15, 0.2) is 18.2 Å². The van der Waals surface area contributed by atoms with Crippen LogP contribution in [-0.4, -0.2) is 29.5 Å². The highest BCUT2D eigenvalue weighted by Crippen LogP contribution is 2.32. The normalized spacial score (nSPS) is 18.6. The van der Waals surface area contributed by atoms with Crippen LogP contribution < -0.4 is 5.32 Å². The van der Waals surface area contributed by atoms with Crippen molar-refractivity contribution in [2.45, 2.75) is 58.2 Å². The summed E-state index contributed by atoms with van der Waals surface area (Å²) in [5.41, 5.74) is 6.91. The van der Waals surface area contributed by atoms with E-state index in [0.717, 1.165) is 32.1 Å². The number of hydrogen-bond acceptors (Lipinski definition) is 3. The second-order valence-corrected chi connectivity index (χ2v) is 7.56. The van der Waals surface area contributed by atoms with Crippen LogP contribution in [0.3, 0.4) is 0 Å². The number of rotatable bonds is 4. The van der Waals surface area contributed by atoms with Crippen molar-refractivity contribution in [2.24, 2.45) is 0 Å². The molecule has 0 atom stereocenters. The van der Waals surface area contributed by atoms with Gasteiger partial charge in [0.1, 0.15) is 0 Å². The average Bonchev–Trinajstić information content (AvgIpc) is 3.35. The van der Waals surface area contributed by atoms with Crippen molar-refractivity contribution in [3.63, 3.8) is 0 Å². The number of nitrogens with one attached hydrogen (secondary N) is 1. The molecule has 0 unspecified atom stereocenters. The molecule has 1 aliphatic heterocycles. The summed E-state index contributed by atoms with van der Waals surface area (Å²) in [4.78, 5) is 7.54. The van der Waals surface area contributed by atoms with Crippen molar-refractivity contribution < 1.29 is 0 Å². The first kappa shape index (κ1) is 15.1. The van der Waals surface area contributed by atoms with Gasteiger partial charge in [0.05, 0.1) is 5.52 Å². The third-order valence-corrected chi connectivity index (χ3v) is 5.28. The first-order valence-corrected chi connectivity index (χ1v) is 8.98. The van der Waals surface area contributed by atoms with E-state index in [1.807, 2.05) is 0 Å². The Morgan fingerprint density at radius 1 is 1.30 bits per heavy atom. The van der Waals surface area contributed by atoms with E-state index in [4.69, 9.17) is 4.98 Å². The zero-order valence-corrected chi connectivity index (χ0v) is 14.5. The van der Waals surface area contributed by atoms with Crippen molar-refractivity contribution in [1.82, 2.24) is 15.2 Å². The fourth-order valence-electron chi connectivity index (χ4n) is 3.71. The minimum Gasteiger partial charge on any atom is -0.310 e. The summed E-state index contributed by atoms with van der Waals surface area (Å²) in [6, 6.07) is 7.47. The molecule has 1 fully saturated rings. The minimum atomic E-state index is 0.514. The summed E-state index contributed by atoms with van der Waals surface area (Å²) in [6.07, 6.45) is 3.75. The highest BCUT2D eigenvalue weighted by molar-refractivity contribution is 5.87. The molecule has 1 aliphatic carbocycles. The maximum Gasteiger partial charge on any atom is 0.0743 e. The van der Waals surface area contributed by atoms with Gasteiger partial charge in [0.25, 0.3) is 0 Å². The Morgan fingerprint density at radius 3 is 2.87 bits per heavy atom. The Hall–Kier alpha value is -1.45. The Kier molecular flexibility index (Phi) is 3.86. The van der Waals surface area contributed by atoms with Gasteiger partial charge in [-0.25, -0.2) is 0 Å². The van der Waals surface area contributed by atoms with Crippen molar-refractivity contribution in [3.8, 4) is 0 Å². The van der Waals surface area contributed by atoms with Gasteiger partial charge in [-0.1, -0.05) is 32.0 Å². The number of pyridine rings is 1. The topological polar surface area (TPSA) is 28.2 Å². The molecule has 0 saturated heterocycles. The van der Waals surface area contributed by atoms with E-state index in [2.05, 4.69) is 49.3 Å². The maximum absolute atomic E-state index is 5.12. The van der Waals surface area contributed by atoms with Crippen molar-refractivity contribution >= 4 is 10.9 Å². The molecule has 1 saturated carbocycles. The monoisotopic (exact) mass is 309 g/mol. The van der Waals surface area contributed by atoms with Gasteiger partial charge in [-0.3, -0.25) is 4.98 Å². The predicted molar refractivity (Wildman–Crippen MR) is 95.7 cm³/mol. The molecule has 23 heavy (non-hydrogen) atoms. The van der Waals surface area contributed by atoms with Crippen molar-refractivity contribution in [2.75, 3.05) is 13.6 Å². The van der Waals surface area contributed by atoms with Gasteiger partial charge in [-0.15, -0.1) is 0 Å². The van der Waals surface area contributed by atoms with Crippen molar-refractivity contribution in [3.05, 3.63) is 40.6 Å². The van der Waals surface area contributed by atoms with E-state index in [1.165, 1.54) is 46.1 Å². The molecule has 2 aromatic rings. The smallest absolute Gasteiger partial charge is 0.0743 e. The predicted octanol–water partition coefficient (Wildman–Crippen LogP) is 3.60. The molecule has 0 amide bonds. The zero-order chi connectivity index (χ0) is 16.0. The maximum atomic E-state index is 5.12. The Morgan fingerprint density at radius 2 is 2.13 bits per heavy atom. The number of hydrogen-bond donors (Lipinski definition) is 1. The van der Waals surface area contributed by atoms with E-state index in [1.54, 1.807) is 0 Å². The Bertz CT molecular complexity index is 731. The molecule has 2 heterocycles. The van der Waals surface area contributed by atoms with E-state index in [0.29, 0.717) is 5.92 Å². The molecule has 3 nitrogen and oxygen atoms in total. The lowest BCUT2D eigenvalue weighted by Crippen LogP contribution is -2.29. The van der Waals surface area contributed by atoms with Gasteiger partial charge in [0.15, 0.2) is 0 Å². The molecule has 1 aromatic carbocycles. The number of aromatic nitrogens is 1. The Balaban J connectivity index is 1.89. The molecule has 3 heteroatoms. The van der Waals surface area contributed by atoms with Gasteiger partial charge in [0, 0.05) is 43.2 Å². The Labute approximate surface area is 139 Å². The van der Waals surface area contributed by atoms with Gasteiger partial charge >= 0.3 is 0 Å². The third kappa shape index (κ3) is 2.88. The van der Waals surface area contributed by atoms with Crippen LogP contribution in [0, 0.1) is 0 Å². The lowest BCUT2D eigenvalue weighted by Gasteiger charge is -2.28. The minimum absolute atomic E-state index is 0.514. The first-order chi connectivity index (χ1) is 11.1. The van der Waals surface area contributed by atoms with Crippen LogP contribution in [0.25, 0.3) is 10.9 Å². The highest BCUT2D eigenvalue weighted by Gasteiger charge is 2.25. The summed E-state index contributed by atoms with van der Waals surface area (Å²) < 4.78 is 0. The van der Waals surface area contributed by atoms with Crippen LogP contribution in [0.4, 0.5) is 0 Å². The van der Waals surface area contributed by atoms with Crippen LogP contribution in [0.5, 0.6) is 0 Å². The second kappa shape index (κ2) is 5.88. The van der Waals surface area contributed by atoms with E-state index in [-0.39, 0.29) is 0 Å². The van der Waals surface area contributed by atoms with E-state index < -0.39 is 0 Å². The molecule has 0 radical (unpaired) electrons. The molecule has 1 aromatic heterocycles. The van der Waals surface area contributed by atoms with Crippen LogP contribution >= 0.6 is 0 Å². The summed E-state index contributed by atoms with van der Waals surface area (Å²) >= 11 is 0. The van der Waals surface area contributed by atoms with E-state index in [9.17, 15) is 0 Å². The van der Waals surface area contributed by atoms with Gasteiger partial charge in [0.2, 0.25) is 0 Å². The standard InChI is InChI=1S/C20H27N3/c1-13(2)15-5-4-6-16-17(11-21-14-7-8-14)18-12-23(3)10-9-19(18)22-20(15)16/h4-6,13-14,21H,7-12H2,1-3H3. The van der Waals surface area contributed by atoms with Crippen LogP contribution in [0.2, 0.25) is 0 Å². The van der Waals surface area contributed by atoms with Gasteiger partial charge in [-0.2, -0.15) is 0 Å². The van der Waals surface area contributed by atoms with Crippen LogP contribution in [0.1, 0.15) is 55.0 Å². The molecule has 0 spiro atoms. The number of fused-ring (bicyclic) bond motifs is 2. The number of nitrogens with zero attached hydrogens (tertiary/aromatic N) is 2. The molecule has 122 valence electrons. The summed E-state index contributed by atoms with van der Waals surface area (Å²) in [5, 5.41) is 5.09. The third-order valence-electron chi connectivity index (χ3n) is 5.28.